The summed E-state index contributed by atoms with van der Waals surface area (Å²) in [6.45, 7) is 1.69. The lowest BCUT2D eigenvalue weighted by Crippen LogP contribution is -2.41. The number of nitrogens with zero attached hydrogens (tertiary/aromatic N) is 2. The molecule has 0 aliphatic heterocycles. The lowest BCUT2D eigenvalue weighted by molar-refractivity contribution is -0.0504. The number of guanidine groups is 1. The Balaban J connectivity index is 0.00000729. The second-order valence-electron chi connectivity index (χ2n) is 5.38. The molecule has 2 N–H and O–H groups in total. The first-order valence-corrected chi connectivity index (χ1v) is 10.4. The van der Waals surface area contributed by atoms with E-state index >= 15 is 0 Å². The largest absolute Gasteiger partial charge is 0.434 e. The lowest BCUT2D eigenvalue weighted by atomic mass is 10.2. The van der Waals surface area contributed by atoms with Gasteiger partial charge in [0.05, 0.1) is 5.75 Å². The summed E-state index contributed by atoms with van der Waals surface area (Å²) in [4.78, 5) is 3.98. The average molecular weight is 555 g/mol. The van der Waals surface area contributed by atoms with Gasteiger partial charge in [-0.2, -0.15) is 8.78 Å². The molecule has 0 radical (unpaired) electrons. The third-order valence-corrected chi connectivity index (χ3v) is 5.92. The van der Waals surface area contributed by atoms with E-state index in [1.54, 1.807) is 13.8 Å². The van der Waals surface area contributed by atoms with E-state index in [4.69, 9.17) is 11.6 Å². The maximum Gasteiger partial charge on any atom is 0.387 e. The Labute approximate surface area is 186 Å². The van der Waals surface area contributed by atoms with E-state index in [2.05, 4.69) is 20.4 Å². The summed E-state index contributed by atoms with van der Waals surface area (Å²) in [6.07, 6.45) is 0. The number of halogens is 4. The van der Waals surface area contributed by atoms with Crippen LogP contribution in [0.3, 0.4) is 0 Å². The number of ether oxygens (including phenoxy) is 1. The minimum Gasteiger partial charge on any atom is -0.434 e. The number of nitrogens with one attached hydrogen (secondary N) is 2. The predicted molar refractivity (Wildman–Crippen MR) is 118 cm³/mol. The van der Waals surface area contributed by atoms with Gasteiger partial charge in [0, 0.05) is 43.8 Å². The normalized spacial score (nSPS) is 12.1. The summed E-state index contributed by atoms with van der Waals surface area (Å²) in [5.41, 5.74) is 0.418. The average Bonchev–Trinajstić information content (AvgIpc) is 2.60. The Morgan fingerprint density at radius 3 is 2.46 bits per heavy atom. The standard InChI is InChI=1S/C16H25ClF2N4O3S.HI/c1-4-23(5-2)27(24,25)9-8-21-16(20-3)22-11-12-10-13(17)6-7-14(12)26-15(18)19;/h6-7,10,15H,4-5,8-9,11H2,1-3H3,(H2,20,21,22);1H. The van der Waals surface area contributed by atoms with Gasteiger partial charge in [-0.3, -0.25) is 4.99 Å². The molecule has 1 aromatic rings. The first-order valence-electron chi connectivity index (χ1n) is 8.39. The molecule has 0 atom stereocenters. The van der Waals surface area contributed by atoms with Crippen LogP contribution in [0.2, 0.25) is 5.02 Å². The summed E-state index contributed by atoms with van der Waals surface area (Å²) in [5.74, 6) is 0.237. The van der Waals surface area contributed by atoms with Crippen LogP contribution in [-0.2, 0) is 16.6 Å². The summed E-state index contributed by atoms with van der Waals surface area (Å²) in [6, 6.07) is 4.32. The van der Waals surface area contributed by atoms with E-state index in [0.29, 0.717) is 29.6 Å². The van der Waals surface area contributed by atoms with Gasteiger partial charge in [-0.15, -0.1) is 24.0 Å². The van der Waals surface area contributed by atoms with Crippen LogP contribution in [0, 0.1) is 0 Å². The van der Waals surface area contributed by atoms with E-state index < -0.39 is 16.6 Å². The lowest BCUT2D eigenvalue weighted by Gasteiger charge is -2.19. The molecule has 162 valence electrons. The smallest absolute Gasteiger partial charge is 0.387 e. The fraction of sp³-hybridized carbons (Fsp3) is 0.562. The van der Waals surface area contributed by atoms with Crippen LogP contribution in [0.5, 0.6) is 5.75 Å². The van der Waals surface area contributed by atoms with Crippen LogP contribution >= 0.6 is 35.6 Å². The highest BCUT2D eigenvalue weighted by Crippen LogP contribution is 2.24. The van der Waals surface area contributed by atoms with Crippen molar-refractivity contribution in [2.45, 2.75) is 27.0 Å². The number of aliphatic imine (C=N–C) groups is 1. The van der Waals surface area contributed by atoms with Crippen LogP contribution in [0.25, 0.3) is 0 Å². The zero-order valence-corrected chi connectivity index (χ0v) is 19.8. The second-order valence-corrected chi connectivity index (χ2v) is 7.91. The molecule has 12 heteroatoms. The Kier molecular flexibility index (Phi) is 12.9. The molecule has 0 amide bonds. The third-order valence-electron chi connectivity index (χ3n) is 3.66. The molecular formula is C16H26ClF2IN4O3S. The molecule has 0 fully saturated rings. The van der Waals surface area contributed by atoms with Crippen LogP contribution < -0.4 is 15.4 Å². The topological polar surface area (TPSA) is 83.0 Å². The highest BCUT2D eigenvalue weighted by atomic mass is 127. The Bertz CT molecular complexity index is 735. The minimum absolute atomic E-state index is 0. The fourth-order valence-corrected chi connectivity index (χ4v) is 3.94. The van der Waals surface area contributed by atoms with Gasteiger partial charge >= 0.3 is 6.61 Å². The van der Waals surface area contributed by atoms with Gasteiger partial charge in [0.2, 0.25) is 10.0 Å². The molecule has 0 bridgehead atoms. The third kappa shape index (κ3) is 9.05. The van der Waals surface area contributed by atoms with Crippen molar-refractivity contribution in [2.75, 3.05) is 32.4 Å². The van der Waals surface area contributed by atoms with Gasteiger partial charge < -0.3 is 15.4 Å². The monoisotopic (exact) mass is 554 g/mol. The highest BCUT2D eigenvalue weighted by Gasteiger charge is 2.18. The van der Waals surface area contributed by atoms with Crippen molar-refractivity contribution in [3.8, 4) is 5.75 Å². The highest BCUT2D eigenvalue weighted by molar-refractivity contribution is 14.0. The number of sulfonamides is 1. The van der Waals surface area contributed by atoms with Crippen molar-refractivity contribution in [1.82, 2.24) is 14.9 Å². The Morgan fingerprint density at radius 2 is 1.93 bits per heavy atom. The van der Waals surface area contributed by atoms with Crippen molar-refractivity contribution in [2.24, 2.45) is 4.99 Å². The van der Waals surface area contributed by atoms with Crippen molar-refractivity contribution in [3.63, 3.8) is 0 Å². The number of hydrogen-bond acceptors (Lipinski definition) is 4. The summed E-state index contributed by atoms with van der Waals surface area (Å²) in [7, 11) is -1.84. The molecule has 0 aromatic heterocycles. The van der Waals surface area contributed by atoms with Gasteiger partial charge in [0.25, 0.3) is 0 Å². The maximum atomic E-state index is 12.5. The van der Waals surface area contributed by atoms with E-state index in [0.717, 1.165) is 0 Å². The van der Waals surface area contributed by atoms with Crippen LogP contribution in [0.1, 0.15) is 19.4 Å². The number of rotatable bonds is 10. The molecule has 0 heterocycles. The molecule has 0 aliphatic rings. The number of alkyl halides is 2. The Morgan fingerprint density at radius 1 is 1.29 bits per heavy atom. The molecular weight excluding hydrogens is 529 g/mol. The molecule has 1 rings (SSSR count). The van der Waals surface area contributed by atoms with Crippen molar-refractivity contribution < 1.29 is 21.9 Å². The van der Waals surface area contributed by atoms with Crippen LogP contribution in [-0.4, -0.2) is 57.7 Å². The zero-order chi connectivity index (χ0) is 20.4. The van der Waals surface area contributed by atoms with E-state index in [-0.39, 0.29) is 48.6 Å². The van der Waals surface area contributed by atoms with Gasteiger partial charge in [-0.05, 0) is 18.2 Å². The molecule has 7 nitrogen and oxygen atoms in total. The maximum absolute atomic E-state index is 12.5. The molecule has 1 aromatic carbocycles. The second kappa shape index (κ2) is 13.3. The van der Waals surface area contributed by atoms with Gasteiger partial charge in [-0.25, -0.2) is 12.7 Å². The van der Waals surface area contributed by atoms with Crippen molar-refractivity contribution >= 4 is 51.6 Å². The molecule has 0 saturated heterocycles. The van der Waals surface area contributed by atoms with Crippen LogP contribution in [0.15, 0.2) is 23.2 Å². The van der Waals surface area contributed by atoms with Crippen molar-refractivity contribution in [3.05, 3.63) is 28.8 Å². The predicted octanol–water partition coefficient (Wildman–Crippen LogP) is 2.90. The molecule has 0 unspecified atom stereocenters. The van der Waals surface area contributed by atoms with Crippen molar-refractivity contribution in [1.29, 1.82) is 0 Å². The van der Waals surface area contributed by atoms with E-state index in [1.165, 1.54) is 29.6 Å². The summed E-state index contributed by atoms with van der Waals surface area (Å²) < 4.78 is 55.1. The molecule has 0 spiro atoms. The molecule has 28 heavy (non-hydrogen) atoms. The fourth-order valence-electron chi connectivity index (χ4n) is 2.34. The van der Waals surface area contributed by atoms with Gasteiger partial charge in [-0.1, -0.05) is 25.4 Å². The zero-order valence-electron chi connectivity index (χ0n) is 15.9. The summed E-state index contributed by atoms with van der Waals surface area (Å²) in [5, 5.41) is 6.18. The number of hydrogen-bond donors (Lipinski definition) is 2. The van der Waals surface area contributed by atoms with E-state index in [9.17, 15) is 17.2 Å². The first kappa shape index (κ1) is 27.1. The quantitative estimate of drug-likeness (QED) is 0.264. The minimum atomic E-state index is -3.35. The SMILES string of the molecule is CCN(CC)S(=O)(=O)CCNC(=NC)NCc1cc(Cl)ccc1OC(F)F.I. The summed E-state index contributed by atoms with van der Waals surface area (Å²) >= 11 is 5.91. The molecule has 0 aliphatic carbocycles. The first-order chi connectivity index (χ1) is 12.7. The van der Waals surface area contributed by atoms with Gasteiger partial charge in [0.15, 0.2) is 5.96 Å². The Hall–Kier alpha value is -0.920. The van der Waals surface area contributed by atoms with Gasteiger partial charge in [0.1, 0.15) is 5.75 Å². The number of benzene rings is 1. The molecule has 0 saturated carbocycles. The van der Waals surface area contributed by atoms with E-state index in [1.807, 2.05) is 0 Å². The van der Waals surface area contributed by atoms with Crippen LogP contribution in [0.4, 0.5) is 8.78 Å².